The topological polar surface area (TPSA) is 47.3 Å². The van der Waals surface area contributed by atoms with E-state index in [-0.39, 0.29) is 11.9 Å². The van der Waals surface area contributed by atoms with E-state index in [2.05, 4.69) is 11.0 Å². The summed E-state index contributed by atoms with van der Waals surface area (Å²) in [5, 5.41) is 19.2. The van der Waals surface area contributed by atoms with Crippen molar-refractivity contribution in [2.45, 2.75) is 25.1 Å². The molecule has 2 aromatic rings. The van der Waals surface area contributed by atoms with Crippen molar-refractivity contribution in [2.75, 3.05) is 6.54 Å². The van der Waals surface area contributed by atoms with E-state index in [1.165, 1.54) is 12.1 Å². The van der Waals surface area contributed by atoms with Crippen LogP contribution in [0.3, 0.4) is 0 Å². The molecular weight excluding hydrogens is 279 g/mol. The second-order valence-corrected chi connectivity index (χ2v) is 5.66. The number of β-amino-alcohol motifs (C(OH)–C–C–N with tert-alkyl or cyclic N) is 1. The first-order valence-corrected chi connectivity index (χ1v) is 7.33. The zero-order valence-corrected chi connectivity index (χ0v) is 12.1. The average molecular weight is 296 g/mol. The molecule has 4 heteroatoms. The largest absolute Gasteiger partial charge is 0.392 e. The van der Waals surface area contributed by atoms with Gasteiger partial charge in [0.05, 0.1) is 17.7 Å². The zero-order chi connectivity index (χ0) is 15.5. The Morgan fingerprint density at radius 1 is 1.18 bits per heavy atom. The van der Waals surface area contributed by atoms with E-state index in [9.17, 15) is 14.8 Å². The van der Waals surface area contributed by atoms with Gasteiger partial charge >= 0.3 is 0 Å². The number of hydrogen-bond donors (Lipinski definition) is 1. The number of benzene rings is 2. The Balaban J connectivity index is 1.85. The molecule has 0 aromatic heterocycles. The normalized spacial score (nSPS) is 21.7. The Kier molecular flexibility index (Phi) is 4.19. The predicted molar refractivity (Wildman–Crippen MR) is 81.3 cm³/mol. The van der Waals surface area contributed by atoms with Crippen molar-refractivity contribution in [1.29, 1.82) is 5.26 Å². The lowest BCUT2D eigenvalue weighted by Crippen LogP contribution is -2.24. The molecule has 0 radical (unpaired) electrons. The van der Waals surface area contributed by atoms with Crippen LogP contribution >= 0.6 is 0 Å². The molecule has 0 spiro atoms. The van der Waals surface area contributed by atoms with Gasteiger partial charge in [0.25, 0.3) is 0 Å². The van der Waals surface area contributed by atoms with Crippen molar-refractivity contribution in [3.63, 3.8) is 0 Å². The third-order valence-corrected chi connectivity index (χ3v) is 4.15. The van der Waals surface area contributed by atoms with Gasteiger partial charge in [-0.25, -0.2) is 4.39 Å². The Morgan fingerprint density at radius 2 is 1.91 bits per heavy atom. The van der Waals surface area contributed by atoms with Crippen LogP contribution in [0.25, 0.3) is 0 Å². The molecular formula is C18H17FN2O. The lowest BCUT2D eigenvalue weighted by Gasteiger charge is -2.25. The minimum atomic E-state index is -0.399. The molecule has 3 nitrogen and oxygen atoms in total. The molecule has 1 N–H and O–H groups in total. The second-order valence-electron chi connectivity index (χ2n) is 5.66. The molecule has 22 heavy (non-hydrogen) atoms. The van der Waals surface area contributed by atoms with Crippen LogP contribution < -0.4 is 0 Å². The number of aliphatic hydroxyl groups is 1. The molecule has 3 rings (SSSR count). The summed E-state index contributed by atoms with van der Waals surface area (Å²) in [7, 11) is 0. The van der Waals surface area contributed by atoms with Crippen molar-refractivity contribution in [1.82, 2.24) is 4.90 Å². The number of hydrogen-bond acceptors (Lipinski definition) is 3. The highest BCUT2D eigenvalue weighted by atomic mass is 19.1. The molecule has 0 unspecified atom stereocenters. The fourth-order valence-electron chi connectivity index (χ4n) is 3.07. The summed E-state index contributed by atoms with van der Waals surface area (Å²) in [6.07, 6.45) is 0.227. The van der Waals surface area contributed by atoms with Crippen LogP contribution in [0.1, 0.15) is 29.2 Å². The molecule has 112 valence electrons. The molecule has 1 fully saturated rings. The third kappa shape index (κ3) is 3.01. The standard InChI is InChI=1S/C18H17FN2O/c19-16-7-5-13(6-8-16)18-9-17(22)12-21(18)11-15-4-2-1-3-14(15)10-20/h1-8,17-18,22H,9,11-12H2/t17-,18+/m0/s1. The molecule has 0 bridgehead atoms. The van der Waals surface area contributed by atoms with Crippen LogP contribution in [0.15, 0.2) is 48.5 Å². The Bertz CT molecular complexity index is 693. The summed E-state index contributed by atoms with van der Waals surface area (Å²) in [5.41, 5.74) is 2.60. The van der Waals surface area contributed by atoms with Gasteiger partial charge in [0.1, 0.15) is 5.82 Å². The van der Waals surface area contributed by atoms with Crippen molar-refractivity contribution in [3.8, 4) is 6.07 Å². The fourth-order valence-corrected chi connectivity index (χ4v) is 3.07. The summed E-state index contributed by atoms with van der Waals surface area (Å²) in [4.78, 5) is 2.15. The molecule has 0 amide bonds. The van der Waals surface area contributed by atoms with Gasteiger partial charge in [-0.05, 0) is 35.7 Å². The summed E-state index contributed by atoms with van der Waals surface area (Å²) >= 11 is 0. The second kappa shape index (κ2) is 6.27. The highest BCUT2D eigenvalue weighted by Gasteiger charge is 2.32. The summed E-state index contributed by atoms with van der Waals surface area (Å²) in [6, 6.07) is 16.2. The molecule has 0 aliphatic carbocycles. The van der Waals surface area contributed by atoms with E-state index >= 15 is 0 Å². The van der Waals surface area contributed by atoms with E-state index in [1.54, 1.807) is 18.2 Å². The maximum Gasteiger partial charge on any atom is 0.123 e. The van der Waals surface area contributed by atoms with Gasteiger partial charge in [-0.3, -0.25) is 4.90 Å². The predicted octanol–water partition coefficient (Wildman–Crippen LogP) is 3.01. The third-order valence-electron chi connectivity index (χ3n) is 4.15. The lowest BCUT2D eigenvalue weighted by atomic mass is 10.0. The summed E-state index contributed by atoms with van der Waals surface area (Å²) < 4.78 is 13.1. The first kappa shape index (κ1) is 14.7. The van der Waals surface area contributed by atoms with E-state index in [1.807, 2.05) is 18.2 Å². The molecule has 0 saturated carbocycles. The number of aliphatic hydroxyl groups excluding tert-OH is 1. The van der Waals surface area contributed by atoms with E-state index < -0.39 is 6.10 Å². The van der Waals surface area contributed by atoms with Gasteiger partial charge in [-0.2, -0.15) is 5.26 Å². The van der Waals surface area contributed by atoms with E-state index in [0.29, 0.717) is 25.1 Å². The van der Waals surface area contributed by atoms with Crippen molar-refractivity contribution in [2.24, 2.45) is 0 Å². The number of nitriles is 1. The van der Waals surface area contributed by atoms with E-state index in [0.717, 1.165) is 11.1 Å². The monoisotopic (exact) mass is 296 g/mol. The maximum absolute atomic E-state index is 13.1. The number of likely N-dealkylation sites (tertiary alicyclic amines) is 1. The fraction of sp³-hybridized carbons (Fsp3) is 0.278. The van der Waals surface area contributed by atoms with Gasteiger partial charge in [0, 0.05) is 19.1 Å². The first-order valence-electron chi connectivity index (χ1n) is 7.33. The van der Waals surface area contributed by atoms with Crippen LogP contribution in [-0.4, -0.2) is 22.7 Å². The van der Waals surface area contributed by atoms with Gasteiger partial charge in [0.2, 0.25) is 0 Å². The van der Waals surface area contributed by atoms with Crippen LogP contribution in [-0.2, 0) is 6.54 Å². The van der Waals surface area contributed by atoms with Crippen LogP contribution in [0.5, 0.6) is 0 Å². The molecule has 1 aliphatic rings. The summed E-state index contributed by atoms with van der Waals surface area (Å²) in [5.74, 6) is -0.260. The van der Waals surface area contributed by atoms with Crippen LogP contribution in [0.2, 0.25) is 0 Å². The minimum Gasteiger partial charge on any atom is -0.392 e. The maximum atomic E-state index is 13.1. The zero-order valence-electron chi connectivity index (χ0n) is 12.1. The molecule has 1 heterocycles. The number of nitrogens with zero attached hydrogens (tertiary/aromatic N) is 2. The van der Waals surface area contributed by atoms with Gasteiger partial charge in [0.15, 0.2) is 0 Å². The van der Waals surface area contributed by atoms with Crippen LogP contribution in [0.4, 0.5) is 4.39 Å². The van der Waals surface area contributed by atoms with Gasteiger partial charge < -0.3 is 5.11 Å². The van der Waals surface area contributed by atoms with Crippen molar-refractivity contribution in [3.05, 3.63) is 71.0 Å². The van der Waals surface area contributed by atoms with Gasteiger partial charge in [-0.1, -0.05) is 30.3 Å². The Morgan fingerprint density at radius 3 is 2.64 bits per heavy atom. The van der Waals surface area contributed by atoms with Crippen molar-refractivity contribution < 1.29 is 9.50 Å². The molecule has 1 aliphatic heterocycles. The highest BCUT2D eigenvalue weighted by Crippen LogP contribution is 2.33. The minimum absolute atomic E-state index is 0.0438. The SMILES string of the molecule is N#Cc1ccccc1CN1C[C@@H](O)C[C@@H]1c1ccc(F)cc1. The Labute approximate surface area is 129 Å². The lowest BCUT2D eigenvalue weighted by molar-refractivity contribution is 0.172. The molecule has 1 saturated heterocycles. The van der Waals surface area contributed by atoms with Gasteiger partial charge in [-0.15, -0.1) is 0 Å². The number of rotatable bonds is 3. The first-order chi connectivity index (χ1) is 10.7. The Hall–Kier alpha value is -2.22. The average Bonchev–Trinajstić information content (AvgIpc) is 2.89. The van der Waals surface area contributed by atoms with Crippen molar-refractivity contribution >= 4 is 0 Å². The molecule has 2 aromatic carbocycles. The quantitative estimate of drug-likeness (QED) is 0.947. The number of halogens is 1. The smallest absolute Gasteiger partial charge is 0.123 e. The highest BCUT2D eigenvalue weighted by molar-refractivity contribution is 5.37. The van der Waals surface area contributed by atoms with E-state index in [4.69, 9.17) is 0 Å². The molecule has 2 atom stereocenters. The summed E-state index contributed by atoms with van der Waals surface area (Å²) in [6.45, 7) is 1.16. The van der Waals surface area contributed by atoms with Crippen LogP contribution in [0, 0.1) is 17.1 Å².